The Morgan fingerprint density at radius 1 is 1.16 bits per heavy atom. The summed E-state index contributed by atoms with van der Waals surface area (Å²) >= 11 is 0. The van der Waals surface area contributed by atoms with Gasteiger partial charge in [0.15, 0.2) is 0 Å². The van der Waals surface area contributed by atoms with Gasteiger partial charge in [0.1, 0.15) is 5.82 Å². The molecule has 0 saturated heterocycles. The van der Waals surface area contributed by atoms with Crippen LogP contribution < -0.4 is 5.32 Å². The van der Waals surface area contributed by atoms with Gasteiger partial charge in [0.2, 0.25) is 0 Å². The Labute approximate surface area is 116 Å². The number of hydrogen-bond donors (Lipinski definition) is 1. The van der Waals surface area contributed by atoms with E-state index in [2.05, 4.69) is 19.2 Å². The van der Waals surface area contributed by atoms with Crippen molar-refractivity contribution >= 4 is 5.69 Å². The van der Waals surface area contributed by atoms with Gasteiger partial charge in [-0.15, -0.1) is 0 Å². The van der Waals surface area contributed by atoms with E-state index < -0.39 is 0 Å². The first-order valence-electron chi connectivity index (χ1n) is 7.59. The number of nitrogens with one attached hydrogen (secondary N) is 1. The van der Waals surface area contributed by atoms with E-state index in [1.165, 1.54) is 19.3 Å². The summed E-state index contributed by atoms with van der Waals surface area (Å²) in [5, 5.41) is 3.44. The van der Waals surface area contributed by atoms with E-state index in [0.29, 0.717) is 11.7 Å². The van der Waals surface area contributed by atoms with Gasteiger partial charge in [0, 0.05) is 6.04 Å². The van der Waals surface area contributed by atoms with Crippen LogP contribution >= 0.6 is 0 Å². The summed E-state index contributed by atoms with van der Waals surface area (Å²) in [6.07, 6.45) is 6.18. The predicted molar refractivity (Wildman–Crippen MR) is 80.0 cm³/mol. The van der Waals surface area contributed by atoms with Crippen molar-refractivity contribution < 1.29 is 4.39 Å². The Morgan fingerprint density at radius 2 is 1.95 bits per heavy atom. The van der Waals surface area contributed by atoms with Crippen molar-refractivity contribution in [2.75, 3.05) is 5.32 Å². The van der Waals surface area contributed by atoms with Gasteiger partial charge < -0.3 is 5.32 Å². The second kappa shape index (κ2) is 6.40. The maximum absolute atomic E-state index is 13.8. The van der Waals surface area contributed by atoms with Crippen LogP contribution in [0.15, 0.2) is 18.2 Å². The van der Waals surface area contributed by atoms with E-state index >= 15 is 0 Å². The summed E-state index contributed by atoms with van der Waals surface area (Å²) in [6.45, 7) is 6.61. The van der Waals surface area contributed by atoms with Gasteiger partial charge in [-0.05, 0) is 49.7 Å². The number of benzene rings is 1. The minimum Gasteiger partial charge on any atom is -0.380 e. The highest BCUT2D eigenvalue weighted by molar-refractivity contribution is 5.52. The van der Waals surface area contributed by atoms with Gasteiger partial charge in [-0.2, -0.15) is 0 Å². The molecule has 2 heteroatoms. The number of halogens is 1. The largest absolute Gasteiger partial charge is 0.380 e. The zero-order valence-corrected chi connectivity index (χ0v) is 12.4. The molecule has 1 aliphatic rings. The van der Waals surface area contributed by atoms with Crippen LogP contribution in [-0.2, 0) is 0 Å². The fourth-order valence-electron chi connectivity index (χ4n) is 3.16. The maximum atomic E-state index is 13.8. The fourth-order valence-corrected chi connectivity index (χ4v) is 3.16. The molecule has 2 atom stereocenters. The van der Waals surface area contributed by atoms with Crippen LogP contribution in [0, 0.1) is 24.6 Å². The topological polar surface area (TPSA) is 12.0 Å². The molecule has 0 spiro atoms. The lowest BCUT2D eigenvalue weighted by Crippen LogP contribution is -2.20. The molecule has 0 aromatic heterocycles. The number of aryl methyl sites for hydroxylation is 1. The molecule has 0 amide bonds. The van der Waals surface area contributed by atoms with Gasteiger partial charge in [0.25, 0.3) is 0 Å². The molecule has 0 bridgehead atoms. The average molecular weight is 263 g/mol. The van der Waals surface area contributed by atoms with E-state index in [4.69, 9.17) is 0 Å². The van der Waals surface area contributed by atoms with E-state index in [1.54, 1.807) is 12.1 Å². The summed E-state index contributed by atoms with van der Waals surface area (Å²) in [5.41, 5.74) is 1.71. The van der Waals surface area contributed by atoms with Gasteiger partial charge >= 0.3 is 0 Å². The van der Waals surface area contributed by atoms with Crippen LogP contribution in [0.4, 0.5) is 10.1 Å². The first-order chi connectivity index (χ1) is 9.08. The molecule has 1 aliphatic carbocycles. The van der Waals surface area contributed by atoms with Crippen molar-refractivity contribution in [1.82, 2.24) is 0 Å². The molecule has 1 nitrogen and oxygen atoms in total. The lowest BCUT2D eigenvalue weighted by atomic mass is 9.89. The van der Waals surface area contributed by atoms with E-state index in [0.717, 1.165) is 30.2 Å². The first-order valence-corrected chi connectivity index (χ1v) is 7.59. The highest BCUT2D eigenvalue weighted by atomic mass is 19.1. The summed E-state index contributed by atoms with van der Waals surface area (Å²) in [5.74, 6) is 1.49. The molecule has 0 aliphatic heterocycles. The molecule has 1 fully saturated rings. The molecule has 0 radical (unpaired) electrons. The van der Waals surface area contributed by atoms with Gasteiger partial charge in [-0.25, -0.2) is 4.39 Å². The number of para-hydroxylation sites is 1. The Balaban J connectivity index is 2.00. The molecule has 1 aromatic carbocycles. The minimum atomic E-state index is -0.121. The van der Waals surface area contributed by atoms with Crippen LogP contribution in [0.5, 0.6) is 0 Å². The smallest absolute Gasteiger partial charge is 0.146 e. The molecular weight excluding hydrogens is 237 g/mol. The van der Waals surface area contributed by atoms with Crippen LogP contribution in [0.3, 0.4) is 0 Å². The van der Waals surface area contributed by atoms with Crippen LogP contribution in [-0.4, -0.2) is 6.04 Å². The second-order valence-electron chi connectivity index (χ2n) is 6.29. The standard InChI is InChI=1S/C17H26FN/c1-12(2)14-7-5-8-15(11-10-14)19-17-13(3)6-4-9-16(17)18/h4,6,9,12,14-15,19H,5,7-8,10-11H2,1-3H3. The third-order valence-corrected chi connectivity index (χ3v) is 4.53. The van der Waals surface area contributed by atoms with E-state index in [9.17, 15) is 4.39 Å². The predicted octanol–water partition coefficient (Wildman–Crippen LogP) is 5.15. The normalized spacial score (nSPS) is 24.3. The lowest BCUT2D eigenvalue weighted by Gasteiger charge is -2.21. The van der Waals surface area contributed by atoms with Gasteiger partial charge in [0.05, 0.1) is 5.69 Å². The Bertz CT molecular complexity index is 393. The zero-order valence-electron chi connectivity index (χ0n) is 12.4. The van der Waals surface area contributed by atoms with E-state index in [1.807, 2.05) is 13.0 Å². The monoisotopic (exact) mass is 263 g/mol. The van der Waals surface area contributed by atoms with Crippen LogP contribution in [0.25, 0.3) is 0 Å². The summed E-state index contributed by atoms with van der Waals surface area (Å²) in [6, 6.07) is 5.72. The van der Waals surface area contributed by atoms with E-state index in [-0.39, 0.29) is 5.82 Å². The SMILES string of the molecule is Cc1cccc(F)c1NC1CCCC(C(C)C)CC1. The van der Waals surface area contributed by atoms with Crippen molar-refractivity contribution in [3.8, 4) is 0 Å². The summed E-state index contributed by atoms with van der Waals surface area (Å²) < 4.78 is 13.8. The lowest BCUT2D eigenvalue weighted by molar-refractivity contribution is 0.341. The van der Waals surface area contributed by atoms with Crippen LogP contribution in [0.1, 0.15) is 51.5 Å². The van der Waals surface area contributed by atoms with Crippen molar-refractivity contribution in [1.29, 1.82) is 0 Å². The molecule has 19 heavy (non-hydrogen) atoms. The molecule has 1 saturated carbocycles. The van der Waals surface area contributed by atoms with Crippen molar-refractivity contribution in [2.45, 2.75) is 58.9 Å². The molecule has 106 valence electrons. The maximum Gasteiger partial charge on any atom is 0.146 e. The van der Waals surface area contributed by atoms with Crippen molar-refractivity contribution in [2.24, 2.45) is 11.8 Å². The number of rotatable bonds is 3. The third-order valence-electron chi connectivity index (χ3n) is 4.53. The highest BCUT2D eigenvalue weighted by Crippen LogP contribution is 2.31. The summed E-state index contributed by atoms with van der Waals surface area (Å²) in [4.78, 5) is 0. The van der Waals surface area contributed by atoms with Crippen LogP contribution in [0.2, 0.25) is 0 Å². The Morgan fingerprint density at radius 3 is 2.63 bits per heavy atom. The minimum absolute atomic E-state index is 0.121. The molecule has 1 aromatic rings. The molecule has 2 unspecified atom stereocenters. The zero-order chi connectivity index (χ0) is 13.8. The highest BCUT2D eigenvalue weighted by Gasteiger charge is 2.21. The average Bonchev–Trinajstić information content (AvgIpc) is 2.59. The van der Waals surface area contributed by atoms with Crippen molar-refractivity contribution in [3.63, 3.8) is 0 Å². The second-order valence-corrected chi connectivity index (χ2v) is 6.29. The molecule has 1 N–H and O–H groups in total. The fraction of sp³-hybridized carbons (Fsp3) is 0.647. The van der Waals surface area contributed by atoms with Crippen molar-refractivity contribution in [3.05, 3.63) is 29.6 Å². The number of hydrogen-bond acceptors (Lipinski definition) is 1. The molecular formula is C17H26FN. The summed E-state index contributed by atoms with van der Waals surface area (Å²) in [7, 11) is 0. The Kier molecular flexibility index (Phi) is 4.84. The first kappa shape index (κ1) is 14.4. The molecule has 0 heterocycles. The third kappa shape index (κ3) is 3.71. The Hall–Kier alpha value is -1.05. The molecule has 2 rings (SSSR count). The number of anilines is 1. The van der Waals surface area contributed by atoms with Gasteiger partial charge in [-0.1, -0.05) is 38.8 Å². The quantitative estimate of drug-likeness (QED) is 0.743. The van der Waals surface area contributed by atoms with Gasteiger partial charge in [-0.3, -0.25) is 0 Å².